The molecule has 6 nitrogen and oxygen atoms in total. The molecule has 4 N–H and O–H groups in total. The summed E-state index contributed by atoms with van der Waals surface area (Å²) < 4.78 is 5.21. The number of hydrogen-bond acceptors (Lipinski definition) is 3. The summed E-state index contributed by atoms with van der Waals surface area (Å²) in [6.45, 7) is 2.46. The maximum Gasteiger partial charge on any atom is 0.254 e. The Balaban J connectivity index is 2.09. The Labute approximate surface area is 105 Å². The van der Waals surface area contributed by atoms with Crippen molar-refractivity contribution >= 4 is 17.6 Å². The third-order valence-corrected chi connectivity index (χ3v) is 2.67. The van der Waals surface area contributed by atoms with Gasteiger partial charge in [0.2, 0.25) is 0 Å². The largest absolute Gasteiger partial charge is 0.378 e. The van der Waals surface area contributed by atoms with Gasteiger partial charge in [0.25, 0.3) is 5.91 Å². The second kappa shape index (κ2) is 5.50. The zero-order valence-electron chi connectivity index (χ0n) is 10.0. The van der Waals surface area contributed by atoms with Crippen LogP contribution in [-0.2, 0) is 4.74 Å². The standard InChI is InChI=1S/C12H16N4O2/c13-12(14)15-10-3-1-9(2-4-10)11(17)16-5-7-18-8-6-16/h1-4H,5-8H2,(H4,13,14,15). The topological polar surface area (TPSA) is 93.9 Å². The average molecular weight is 248 g/mol. The van der Waals surface area contributed by atoms with Gasteiger partial charge >= 0.3 is 0 Å². The van der Waals surface area contributed by atoms with E-state index in [1.54, 1.807) is 29.2 Å². The fourth-order valence-electron chi connectivity index (χ4n) is 1.78. The van der Waals surface area contributed by atoms with E-state index >= 15 is 0 Å². The Morgan fingerprint density at radius 1 is 1.17 bits per heavy atom. The molecule has 18 heavy (non-hydrogen) atoms. The molecular formula is C12H16N4O2. The highest BCUT2D eigenvalue weighted by Crippen LogP contribution is 2.14. The van der Waals surface area contributed by atoms with E-state index < -0.39 is 0 Å². The average Bonchev–Trinajstić information content (AvgIpc) is 2.39. The number of nitrogens with zero attached hydrogens (tertiary/aromatic N) is 2. The van der Waals surface area contributed by atoms with E-state index in [4.69, 9.17) is 16.2 Å². The molecule has 0 atom stereocenters. The summed E-state index contributed by atoms with van der Waals surface area (Å²) in [6.07, 6.45) is 0. The molecule has 1 saturated heterocycles. The summed E-state index contributed by atoms with van der Waals surface area (Å²) in [5.74, 6) is 0.0109. The van der Waals surface area contributed by atoms with Crippen LogP contribution in [0, 0.1) is 0 Å². The smallest absolute Gasteiger partial charge is 0.254 e. The minimum absolute atomic E-state index is 0.00209. The number of benzene rings is 1. The molecule has 0 radical (unpaired) electrons. The van der Waals surface area contributed by atoms with Crippen molar-refractivity contribution in [2.75, 3.05) is 26.3 Å². The summed E-state index contributed by atoms with van der Waals surface area (Å²) in [6, 6.07) is 6.87. The molecule has 6 heteroatoms. The van der Waals surface area contributed by atoms with Gasteiger partial charge in [-0.1, -0.05) is 0 Å². The second-order valence-corrected chi connectivity index (χ2v) is 3.99. The van der Waals surface area contributed by atoms with E-state index in [2.05, 4.69) is 4.99 Å². The number of ether oxygens (including phenoxy) is 1. The first-order valence-electron chi connectivity index (χ1n) is 5.73. The van der Waals surface area contributed by atoms with Gasteiger partial charge in [-0.3, -0.25) is 4.79 Å². The monoisotopic (exact) mass is 248 g/mol. The molecule has 0 saturated carbocycles. The highest BCUT2D eigenvalue weighted by atomic mass is 16.5. The fraction of sp³-hybridized carbons (Fsp3) is 0.333. The molecule has 1 aromatic rings. The number of morpholine rings is 1. The van der Waals surface area contributed by atoms with E-state index in [0.29, 0.717) is 37.6 Å². The van der Waals surface area contributed by atoms with Crippen LogP contribution in [0.25, 0.3) is 0 Å². The van der Waals surface area contributed by atoms with E-state index in [9.17, 15) is 4.79 Å². The molecule has 1 fully saturated rings. The molecule has 0 unspecified atom stereocenters. The lowest BCUT2D eigenvalue weighted by molar-refractivity contribution is 0.0303. The molecule has 0 spiro atoms. The third-order valence-electron chi connectivity index (χ3n) is 2.67. The van der Waals surface area contributed by atoms with Crippen LogP contribution in [-0.4, -0.2) is 43.1 Å². The molecule has 0 aliphatic carbocycles. The number of aliphatic imine (C=N–C) groups is 1. The summed E-state index contributed by atoms with van der Waals surface area (Å²) in [5, 5.41) is 0. The van der Waals surface area contributed by atoms with Crippen molar-refractivity contribution in [3.8, 4) is 0 Å². The van der Waals surface area contributed by atoms with E-state index in [1.165, 1.54) is 0 Å². The summed E-state index contributed by atoms with van der Waals surface area (Å²) >= 11 is 0. The number of amides is 1. The first-order chi connectivity index (χ1) is 8.66. The lowest BCUT2D eigenvalue weighted by Crippen LogP contribution is -2.40. The van der Waals surface area contributed by atoms with Crippen LogP contribution in [0.15, 0.2) is 29.3 Å². The van der Waals surface area contributed by atoms with Crippen molar-refractivity contribution < 1.29 is 9.53 Å². The van der Waals surface area contributed by atoms with Gasteiger partial charge in [0, 0.05) is 18.7 Å². The van der Waals surface area contributed by atoms with Crippen molar-refractivity contribution in [1.82, 2.24) is 4.90 Å². The lowest BCUT2D eigenvalue weighted by atomic mass is 10.2. The molecule has 1 amide bonds. The maximum atomic E-state index is 12.1. The quantitative estimate of drug-likeness (QED) is 0.571. The Hall–Kier alpha value is -2.08. The van der Waals surface area contributed by atoms with Crippen LogP contribution in [0.5, 0.6) is 0 Å². The third kappa shape index (κ3) is 2.98. The van der Waals surface area contributed by atoms with Gasteiger partial charge in [-0.25, -0.2) is 4.99 Å². The van der Waals surface area contributed by atoms with Crippen molar-refractivity contribution in [3.63, 3.8) is 0 Å². The van der Waals surface area contributed by atoms with E-state index in [1.807, 2.05) is 0 Å². The molecule has 96 valence electrons. The predicted molar refractivity (Wildman–Crippen MR) is 68.6 cm³/mol. The first kappa shape index (κ1) is 12.4. The molecule has 1 aliphatic rings. The number of hydrogen-bond donors (Lipinski definition) is 2. The van der Waals surface area contributed by atoms with Gasteiger partial charge in [0.05, 0.1) is 18.9 Å². The molecule has 1 aliphatic heterocycles. The minimum Gasteiger partial charge on any atom is -0.378 e. The van der Waals surface area contributed by atoms with Crippen molar-refractivity contribution in [1.29, 1.82) is 0 Å². The van der Waals surface area contributed by atoms with Crippen molar-refractivity contribution in [2.45, 2.75) is 0 Å². The number of rotatable bonds is 2. The normalized spacial score (nSPS) is 15.2. The summed E-state index contributed by atoms with van der Waals surface area (Å²) in [7, 11) is 0. The second-order valence-electron chi connectivity index (χ2n) is 3.99. The number of nitrogens with two attached hydrogens (primary N) is 2. The Morgan fingerprint density at radius 2 is 1.78 bits per heavy atom. The van der Waals surface area contributed by atoms with Crippen LogP contribution in [0.2, 0.25) is 0 Å². The Morgan fingerprint density at radius 3 is 2.33 bits per heavy atom. The fourth-order valence-corrected chi connectivity index (χ4v) is 1.78. The molecule has 0 bridgehead atoms. The molecule has 0 aromatic heterocycles. The summed E-state index contributed by atoms with van der Waals surface area (Å²) in [4.78, 5) is 17.8. The van der Waals surface area contributed by atoms with Crippen LogP contribution in [0.1, 0.15) is 10.4 Å². The molecule has 2 rings (SSSR count). The highest BCUT2D eigenvalue weighted by molar-refractivity contribution is 5.94. The zero-order chi connectivity index (χ0) is 13.0. The van der Waals surface area contributed by atoms with Gasteiger partial charge in [0.1, 0.15) is 0 Å². The number of guanidine groups is 1. The minimum atomic E-state index is 0.00209. The Bertz CT molecular complexity index is 446. The van der Waals surface area contributed by atoms with Crippen molar-refractivity contribution in [2.24, 2.45) is 16.5 Å². The molecular weight excluding hydrogens is 232 g/mol. The highest BCUT2D eigenvalue weighted by Gasteiger charge is 2.18. The van der Waals surface area contributed by atoms with Crippen LogP contribution in [0.3, 0.4) is 0 Å². The van der Waals surface area contributed by atoms with Crippen LogP contribution in [0.4, 0.5) is 5.69 Å². The first-order valence-corrected chi connectivity index (χ1v) is 5.73. The van der Waals surface area contributed by atoms with Gasteiger partial charge in [-0.15, -0.1) is 0 Å². The van der Waals surface area contributed by atoms with Gasteiger partial charge in [0.15, 0.2) is 5.96 Å². The predicted octanol–water partition coefficient (Wildman–Crippen LogP) is 0.0639. The van der Waals surface area contributed by atoms with Gasteiger partial charge < -0.3 is 21.1 Å². The zero-order valence-corrected chi connectivity index (χ0v) is 10.0. The van der Waals surface area contributed by atoms with E-state index in [0.717, 1.165) is 0 Å². The van der Waals surface area contributed by atoms with Gasteiger partial charge in [-0.05, 0) is 24.3 Å². The molecule has 1 heterocycles. The van der Waals surface area contributed by atoms with E-state index in [-0.39, 0.29) is 11.9 Å². The lowest BCUT2D eigenvalue weighted by Gasteiger charge is -2.26. The maximum absolute atomic E-state index is 12.1. The molecule has 1 aromatic carbocycles. The number of carbonyl (C=O) groups excluding carboxylic acids is 1. The number of carbonyl (C=O) groups is 1. The summed E-state index contributed by atoms with van der Waals surface area (Å²) in [5.41, 5.74) is 11.8. The Kier molecular flexibility index (Phi) is 3.78. The van der Waals surface area contributed by atoms with Crippen LogP contribution >= 0.6 is 0 Å². The van der Waals surface area contributed by atoms with Crippen LogP contribution < -0.4 is 11.5 Å². The van der Waals surface area contributed by atoms with Gasteiger partial charge in [-0.2, -0.15) is 0 Å². The van der Waals surface area contributed by atoms with Crippen molar-refractivity contribution in [3.05, 3.63) is 29.8 Å². The SMILES string of the molecule is NC(N)=Nc1ccc(C(=O)N2CCOCC2)cc1.